The van der Waals surface area contributed by atoms with Gasteiger partial charge in [0, 0.05) is 0 Å². The molecule has 0 radical (unpaired) electrons. The van der Waals surface area contributed by atoms with Gasteiger partial charge in [0.05, 0.1) is 6.16 Å². The first-order valence-electron chi connectivity index (χ1n) is 4.41. The molecular formula is C9H13ClNO5P. The van der Waals surface area contributed by atoms with E-state index in [1.165, 1.54) is 24.3 Å². The van der Waals surface area contributed by atoms with E-state index in [4.69, 9.17) is 20.6 Å². The fourth-order valence-electron chi connectivity index (χ4n) is 1.27. The lowest BCUT2D eigenvalue weighted by atomic mass is 10.1. The van der Waals surface area contributed by atoms with E-state index < -0.39 is 25.8 Å². The van der Waals surface area contributed by atoms with Crippen molar-refractivity contribution in [1.29, 1.82) is 0 Å². The van der Waals surface area contributed by atoms with Crippen molar-refractivity contribution >= 4 is 26.0 Å². The van der Waals surface area contributed by atoms with Gasteiger partial charge in [-0.15, -0.1) is 12.4 Å². The molecule has 1 rings (SSSR count). The summed E-state index contributed by atoms with van der Waals surface area (Å²) < 4.78 is 10.8. The topological polar surface area (TPSA) is 121 Å². The molecule has 6 nitrogen and oxygen atoms in total. The standard InChI is InChI=1S/C9H12NO5P.ClH/c10-8(9(11)12)7-3-1-2-6(4-7)5-16(13,14)15;/h1-4,8H,5,10H2,(H,11,12)(H2,13,14,15);1H. The highest BCUT2D eigenvalue weighted by Gasteiger charge is 2.17. The average Bonchev–Trinajstić information content (AvgIpc) is 2.14. The maximum Gasteiger partial charge on any atom is 0.329 e. The molecule has 96 valence electrons. The minimum absolute atomic E-state index is 0. The van der Waals surface area contributed by atoms with E-state index in [2.05, 4.69) is 0 Å². The van der Waals surface area contributed by atoms with E-state index in [9.17, 15) is 9.36 Å². The molecule has 0 aliphatic rings. The van der Waals surface area contributed by atoms with Crippen LogP contribution >= 0.6 is 20.0 Å². The first kappa shape index (κ1) is 16.1. The number of hydrogen-bond donors (Lipinski definition) is 4. The van der Waals surface area contributed by atoms with Crippen molar-refractivity contribution in [2.75, 3.05) is 0 Å². The molecule has 1 atom stereocenters. The zero-order chi connectivity index (χ0) is 12.3. The quantitative estimate of drug-likeness (QED) is 0.608. The second-order valence-corrected chi connectivity index (χ2v) is 5.03. The lowest BCUT2D eigenvalue weighted by Gasteiger charge is -2.09. The van der Waals surface area contributed by atoms with E-state index in [1.807, 2.05) is 0 Å². The summed E-state index contributed by atoms with van der Waals surface area (Å²) in [4.78, 5) is 28.2. The summed E-state index contributed by atoms with van der Waals surface area (Å²) >= 11 is 0. The second-order valence-electron chi connectivity index (χ2n) is 3.38. The first-order valence-corrected chi connectivity index (χ1v) is 6.21. The van der Waals surface area contributed by atoms with Crippen molar-refractivity contribution in [3.05, 3.63) is 35.4 Å². The Morgan fingerprint density at radius 3 is 2.47 bits per heavy atom. The van der Waals surface area contributed by atoms with Gasteiger partial charge in [0.1, 0.15) is 6.04 Å². The Morgan fingerprint density at radius 2 is 2.00 bits per heavy atom. The van der Waals surface area contributed by atoms with Crippen molar-refractivity contribution in [3.63, 3.8) is 0 Å². The Hall–Kier alpha value is -0.910. The number of benzene rings is 1. The molecule has 0 aliphatic carbocycles. The smallest absolute Gasteiger partial charge is 0.329 e. The number of hydrogen-bond acceptors (Lipinski definition) is 3. The summed E-state index contributed by atoms with van der Waals surface area (Å²) in [6.07, 6.45) is -0.423. The SMILES string of the molecule is Cl.NC(C(=O)O)c1cccc(CP(=O)(O)O)c1. The van der Waals surface area contributed by atoms with Gasteiger partial charge in [-0.3, -0.25) is 9.36 Å². The Balaban J connectivity index is 0.00000256. The van der Waals surface area contributed by atoms with E-state index >= 15 is 0 Å². The maximum atomic E-state index is 10.8. The summed E-state index contributed by atoms with van der Waals surface area (Å²) in [6, 6.07) is 4.73. The van der Waals surface area contributed by atoms with Crippen molar-refractivity contribution in [3.8, 4) is 0 Å². The van der Waals surface area contributed by atoms with Crippen LogP contribution in [0.25, 0.3) is 0 Å². The first-order chi connectivity index (χ1) is 7.29. The number of carbonyl (C=O) groups is 1. The van der Waals surface area contributed by atoms with Crippen LogP contribution < -0.4 is 5.73 Å². The van der Waals surface area contributed by atoms with Gasteiger partial charge in [-0.2, -0.15) is 0 Å². The molecule has 0 fully saturated rings. The number of nitrogens with two attached hydrogens (primary N) is 1. The summed E-state index contributed by atoms with van der Waals surface area (Å²) in [5.41, 5.74) is 6.06. The molecule has 1 aromatic rings. The average molecular weight is 282 g/mol. The van der Waals surface area contributed by atoms with E-state index in [-0.39, 0.29) is 12.4 Å². The van der Waals surface area contributed by atoms with Crippen molar-refractivity contribution in [2.24, 2.45) is 5.73 Å². The van der Waals surface area contributed by atoms with Crippen LogP contribution in [0.5, 0.6) is 0 Å². The van der Waals surface area contributed by atoms with Gasteiger partial charge in [0.25, 0.3) is 0 Å². The van der Waals surface area contributed by atoms with Gasteiger partial charge in [-0.05, 0) is 11.1 Å². The molecule has 0 amide bonds. The number of carboxylic acids is 1. The number of aliphatic carboxylic acids is 1. The third kappa shape index (κ3) is 5.30. The fourth-order valence-corrected chi connectivity index (χ4v) is 1.94. The third-order valence-corrected chi connectivity index (χ3v) is 2.74. The summed E-state index contributed by atoms with van der Waals surface area (Å²) in [6.45, 7) is 0. The summed E-state index contributed by atoms with van der Waals surface area (Å²) in [5, 5.41) is 8.68. The molecule has 0 saturated heterocycles. The molecule has 0 heterocycles. The van der Waals surface area contributed by atoms with Gasteiger partial charge in [0.2, 0.25) is 0 Å². The molecule has 5 N–H and O–H groups in total. The number of halogens is 1. The van der Waals surface area contributed by atoms with Crippen LogP contribution in [0.3, 0.4) is 0 Å². The molecule has 0 saturated carbocycles. The number of carboxylic acid groups (broad SMARTS) is 1. The van der Waals surface area contributed by atoms with Crippen LogP contribution in [0.4, 0.5) is 0 Å². The lowest BCUT2D eigenvalue weighted by Crippen LogP contribution is -2.20. The third-order valence-electron chi connectivity index (χ3n) is 1.96. The Kier molecular flexibility index (Phi) is 5.81. The van der Waals surface area contributed by atoms with Gasteiger partial charge in [0.15, 0.2) is 0 Å². The minimum atomic E-state index is -4.15. The molecule has 17 heavy (non-hydrogen) atoms. The highest BCUT2D eigenvalue weighted by atomic mass is 35.5. The Morgan fingerprint density at radius 1 is 1.41 bits per heavy atom. The van der Waals surface area contributed by atoms with E-state index in [0.29, 0.717) is 11.1 Å². The van der Waals surface area contributed by atoms with Crippen LogP contribution in [-0.2, 0) is 15.5 Å². The lowest BCUT2D eigenvalue weighted by molar-refractivity contribution is -0.138. The van der Waals surface area contributed by atoms with Crippen LogP contribution in [0.1, 0.15) is 17.2 Å². The van der Waals surface area contributed by atoms with Gasteiger partial charge in [-0.1, -0.05) is 24.3 Å². The highest BCUT2D eigenvalue weighted by Crippen LogP contribution is 2.39. The van der Waals surface area contributed by atoms with Crippen LogP contribution in [0.15, 0.2) is 24.3 Å². The summed E-state index contributed by atoms with van der Waals surface area (Å²) in [5.74, 6) is -1.19. The predicted octanol–water partition coefficient (Wildman–Crippen LogP) is 0.871. The molecule has 0 aliphatic heterocycles. The molecular weight excluding hydrogens is 269 g/mol. The molecule has 0 aromatic heterocycles. The molecule has 1 aromatic carbocycles. The van der Waals surface area contributed by atoms with E-state index in [0.717, 1.165) is 0 Å². The highest BCUT2D eigenvalue weighted by molar-refractivity contribution is 7.50. The van der Waals surface area contributed by atoms with Crippen molar-refractivity contribution < 1.29 is 24.3 Å². The molecule has 1 unspecified atom stereocenters. The largest absolute Gasteiger partial charge is 0.480 e. The second kappa shape index (κ2) is 6.14. The summed E-state index contributed by atoms with van der Waals surface area (Å²) in [7, 11) is -4.15. The van der Waals surface area contributed by atoms with Crippen molar-refractivity contribution in [2.45, 2.75) is 12.2 Å². The molecule has 0 bridgehead atoms. The zero-order valence-corrected chi connectivity index (χ0v) is 10.4. The molecule has 8 heteroatoms. The zero-order valence-electron chi connectivity index (χ0n) is 8.68. The fraction of sp³-hybridized carbons (Fsp3) is 0.222. The number of rotatable bonds is 4. The van der Waals surface area contributed by atoms with Gasteiger partial charge < -0.3 is 20.6 Å². The maximum absolute atomic E-state index is 10.8. The normalized spacial score (nSPS) is 12.6. The molecule has 0 spiro atoms. The van der Waals surface area contributed by atoms with Crippen LogP contribution in [0.2, 0.25) is 0 Å². The van der Waals surface area contributed by atoms with Crippen LogP contribution in [0, 0.1) is 0 Å². The predicted molar refractivity (Wildman–Crippen MR) is 64.0 cm³/mol. The Bertz CT molecular complexity index is 447. The van der Waals surface area contributed by atoms with Gasteiger partial charge in [-0.25, -0.2) is 0 Å². The minimum Gasteiger partial charge on any atom is -0.480 e. The van der Waals surface area contributed by atoms with Crippen molar-refractivity contribution in [1.82, 2.24) is 0 Å². The van der Waals surface area contributed by atoms with E-state index in [1.54, 1.807) is 0 Å². The Labute approximate surface area is 104 Å². The van der Waals surface area contributed by atoms with Crippen LogP contribution in [-0.4, -0.2) is 20.9 Å². The van der Waals surface area contributed by atoms with Gasteiger partial charge >= 0.3 is 13.6 Å². The monoisotopic (exact) mass is 281 g/mol.